The number of carbonyl (C=O) groups is 3. The topological polar surface area (TPSA) is 121 Å². The minimum atomic E-state index is -1.36. The van der Waals surface area contributed by atoms with Gasteiger partial charge in [0.25, 0.3) is 5.91 Å². The predicted molar refractivity (Wildman–Crippen MR) is 147 cm³/mol. The van der Waals surface area contributed by atoms with Crippen molar-refractivity contribution in [2.24, 2.45) is 0 Å². The summed E-state index contributed by atoms with van der Waals surface area (Å²) in [6.45, 7) is 2.42. The minimum Gasteiger partial charge on any atom is -0.479 e. The number of hydrogen-bond donors (Lipinski definition) is 1. The number of hydrogen-bond acceptors (Lipinski definition) is 9. The minimum absolute atomic E-state index is 0.175. The maximum absolute atomic E-state index is 13.4. The highest BCUT2D eigenvalue weighted by Gasteiger charge is 2.48. The number of ketones is 1. The van der Waals surface area contributed by atoms with Gasteiger partial charge in [-0.2, -0.15) is 0 Å². The summed E-state index contributed by atoms with van der Waals surface area (Å²) in [4.78, 5) is 39.8. The number of imide groups is 1. The van der Waals surface area contributed by atoms with E-state index in [2.05, 4.69) is 0 Å². The molecular weight excluding hydrogens is 530 g/mol. The molecule has 41 heavy (non-hydrogen) atoms. The van der Waals surface area contributed by atoms with E-state index in [4.69, 9.17) is 23.7 Å². The Morgan fingerprint density at radius 3 is 2.44 bits per heavy atom. The maximum atomic E-state index is 13.4. The summed E-state index contributed by atoms with van der Waals surface area (Å²) in [5, 5.41) is 9.57. The molecule has 1 saturated heterocycles. The molecule has 1 fully saturated rings. The van der Waals surface area contributed by atoms with Crippen molar-refractivity contribution >= 4 is 17.8 Å². The summed E-state index contributed by atoms with van der Waals surface area (Å²) in [6, 6.07) is 18.2. The van der Waals surface area contributed by atoms with Crippen LogP contribution in [0.3, 0.4) is 0 Å². The molecule has 10 nitrogen and oxygen atoms in total. The summed E-state index contributed by atoms with van der Waals surface area (Å²) in [5.74, 6) is -0.809. The van der Waals surface area contributed by atoms with Crippen LogP contribution in [0.4, 0.5) is 4.79 Å². The average molecular weight is 566 g/mol. The first-order chi connectivity index (χ1) is 19.9. The van der Waals surface area contributed by atoms with Crippen LogP contribution in [0.25, 0.3) is 0 Å². The SMILES string of the molecule is CO[C@@H](C(=O)N1C(=O)O[C@@H](c2ccccc2)[C@H]1C)[C@H]1OC(=CCCOC[C@@H](CO)OCc2ccccc2)C=CC1=O. The van der Waals surface area contributed by atoms with Crippen LogP contribution in [0.2, 0.25) is 0 Å². The van der Waals surface area contributed by atoms with E-state index in [0.29, 0.717) is 25.4 Å². The van der Waals surface area contributed by atoms with E-state index in [1.807, 2.05) is 60.7 Å². The van der Waals surface area contributed by atoms with Gasteiger partial charge in [0.15, 0.2) is 18.0 Å². The van der Waals surface area contributed by atoms with E-state index in [1.165, 1.54) is 19.3 Å². The molecule has 10 heteroatoms. The third kappa shape index (κ3) is 7.68. The van der Waals surface area contributed by atoms with Crippen molar-refractivity contribution in [1.82, 2.24) is 4.90 Å². The van der Waals surface area contributed by atoms with Gasteiger partial charge in [0.1, 0.15) is 18.0 Å². The molecule has 1 N–H and O–H groups in total. The number of allylic oxidation sites excluding steroid dienone is 1. The number of aliphatic hydroxyl groups excluding tert-OH is 1. The number of cyclic esters (lactones) is 1. The lowest BCUT2D eigenvalue weighted by atomic mass is 10.0. The number of methoxy groups -OCH3 is 1. The highest BCUT2D eigenvalue weighted by atomic mass is 16.6. The quantitative estimate of drug-likeness (QED) is 0.364. The molecule has 0 spiro atoms. The largest absolute Gasteiger partial charge is 0.479 e. The Hall–Kier alpha value is -3.83. The van der Waals surface area contributed by atoms with Crippen LogP contribution in [-0.2, 0) is 39.9 Å². The molecule has 0 saturated carbocycles. The number of aliphatic hydroxyl groups is 1. The molecule has 4 rings (SSSR count). The van der Waals surface area contributed by atoms with Gasteiger partial charge in [-0.25, -0.2) is 9.69 Å². The molecule has 2 amide bonds. The lowest BCUT2D eigenvalue weighted by Gasteiger charge is -2.30. The number of carbonyl (C=O) groups excluding carboxylic acids is 3. The lowest BCUT2D eigenvalue weighted by Crippen LogP contribution is -2.52. The first kappa shape index (κ1) is 30.1. The lowest BCUT2D eigenvalue weighted by molar-refractivity contribution is -0.153. The Bertz CT molecular complexity index is 1230. The van der Waals surface area contributed by atoms with Crippen LogP contribution >= 0.6 is 0 Å². The molecule has 218 valence electrons. The van der Waals surface area contributed by atoms with Crippen molar-refractivity contribution in [2.75, 3.05) is 26.9 Å². The normalized spacial score (nSPS) is 22.9. The Labute approximate surface area is 239 Å². The maximum Gasteiger partial charge on any atom is 0.417 e. The van der Waals surface area contributed by atoms with Crippen LogP contribution in [0.5, 0.6) is 0 Å². The monoisotopic (exact) mass is 565 g/mol. The van der Waals surface area contributed by atoms with Crippen molar-refractivity contribution in [1.29, 1.82) is 0 Å². The molecule has 0 bridgehead atoms. The Kier molecular flexibility index (Phi) is 10.8. The number of benzene rings is 2. The van der Waals surface area contributed by atoms with E-state index >= 15 is 0 Å². The van der Waals surface area contributed by atoms with E-state index in [-0.39, 0.29) is 13.2 Å². The van der Waals surface area contributed by atoms with Crippen molar-refractivity contribution in [2.45, 2.75) is 50.4 Å². The molecule has 0 aromatic heterocycles. The first-order valence-corrected chi connectivity index (χ1v) is 13.5. The molecule has 2 aromatic carbocycles. The second-order valence-electron chi connectivity index (χ2n) is 9.67. The molecule has 0 radical (unpaired) electrons. The van der Waals surface area contributed by atoms with Crippen molar-refractivity contribution in [3.63, 3.8) is 0 Å². The molecular formula is C31H35NO9. The first-order valence-electron chi connectivity index (χ1n) is 13.5. The average Bonchev–Trinajstić information content (AvgIpc) is 3.30. The van der Waals surface area contributed by atoms with Gasteiger partial charge in [-0.1, -0.05) is 60.7 Å². The number of rotatable bonds is 13. The number of nitrogens with zero attached hydrogens (tertiary/aromatic N) is 1. The van der Waals surface area contributed by atoms with Crippen LogP contribution < -0.4 is 0 Å². The third-order valence-electron chi connectivity index (χ3n) is 6.81. The molecule has 2 aliphatic rings. The molecule has 0 unspecified atom stereocenters. The van der Waals surface area contributed by atoms with Crippen LogP contribution in [0, 0.1) is 0 Å². The standard InChI is InChI=1S/C31H35NO9/c1-21-27(23-12-7-4-8-13-23)41-31(36)32(21)30(35)29(37-2)28-26(34)16-15-24(40-28)14-9-17-38-20-25(18-33)39-19-22-10-5-3-6-11-22/h3-8,10-16,21,25,27-29,33H,9,17-20H2,1-2H3/t21-,25-,27-,28+,29-/m1/s1. The third-order valence-corrected chi connectivity index (χ3v) is 6.81. The highest BCUT2D eigenvalue weighted by molar-refractivity contribution is 6.03. The summed E-state index contributed by atoms with van der Waals surface area (Å²) in [6.07, 6.45) is 0.448. The fourth-order valence-electron chi connectivity index (χ4n) is 4.61. The zero-order chi connectivity index (χ0) is 29.2. The molecule has 2 heterocycles. The summed E-state index contributed by atoms with van der Waals surface area (Å²) in [5.41, 5.74) is 1.76. The Morgan fingerprint density at radius 2 is 1.76 bits per heavy atom. The molecule has 2 aliphatic heterocycles. The Balaban J connectivity index is 1.30. The molecule has 5 atom stereocenters. The van der Waals surface area contributed by atoms with Gasteiger partial charge >= 0.3 is 6.09 Å². The Morgan fingerprint density at radius 1 is 1.05 bits per heavy atom. The van der Waals surface area contributed by atoms with Crippen LogP contribution in [0.1, 0.15) is 30.6 Å². The molecule has 0 aliphatic carbocycles. The zero-order valence-electron chi connectivity index (χ0n) is 23.1. The van der Waals surface area contributed by atoms with Gasteiger partial charge < -0.3 is 28.8 Å². The fraction of sp³-hybridized carbons (Fsp3) is 0.387. The van der Waals surface area contributed by atoms with Gasteiger partial charge in [-0.15, -0.1) is 0 Å². The summed E-state index contributed by atoms with van der Waals surface area (Å²) in [7, 11) is 1.28. The van der Waals surface area contributed by atoms with Crippen LogP contribution in [0.15, 0.2) is 84.7 Å². The predicted octanol–water partition coefficient (Wildman–Crippen LogP) is 3.50. The van der Waals surface area contributed by atoms with Gasteiger partial charge in [0.05, 0.1) is 32.5 Å². The van der Waals surface area contributed by atoms with Gasteiger partial charge in [-0.05, 0) is 42.7 Å². The zero-order valence-corrected chi connectivity index (χ0v) is 23.1. The second kappa shape index (κ2) is 14.7. The summed E-state index contributed by atoms with van der Waals surface area (Å²) < 4.78 is 28.1. The van der Waals surface area contributed by atoms with E-state index < -0.39 is 48.2 Å². The van der Waals surface area contributed by atoms with Crippen molar-refractivity contribution < 1.29 is 43.2 Å². The van der Waals surface area contributed by atoms with E-state index in [1.54, 1.807) is 13.0 Å². The van der Waals surface area contributed by atoms with E-state index in [0.717, 1.165) is 16.0 Å². The van der Waals surface area contributed by atoms with Crippen molar-refractivity contribution in [3.8, 4) is 0 Å². The van der Waals surface area contributed by atoms with Crippen molar-refractivity contribution in [3.05, 3.63) is 95.8 Å². The smallest absolute Gasteiger partial charge is 0.417 e. The number of amides is 2. The van der Waals surface area contributed by atoms with Gasteiger partial charge in [0.2, 0.25) is 0 Å². The highest BCUT2D eigenvalue weighted by Crippen LogP contribution is 2.33. The number of ether oxygens (including phenoxy) is 5. The summed E-state index contributed by atoms with van der Waals surface area (Å²) >= 11 is 0. The second-order valence-corrected chi connectivity index (χ2v) is 9.67. The van der Waals surface area contributed by atoms with Gasteiger partial charge in [-0.3, -0.25) is 9.59 Å². The van der Waals surface area contributed by atoms with Gasteiger partial charge in [0, 0.05) is 7.11 Å². The molecule has 2 aromatic rings. The van der Waals surface area contributed by atoms with Crippen LogP contribution in [-0.4, -0.2) is 79.1 Å². The fourth-order valence-corrected chi connectivity index (χ4v) is 4.61. The van der Waals surface area contributed by atoms with E-state index in [9.17, 15) is 19.5 Å².